The zero-order chi connectivity index (χ0) is 19.5. The second-order valence-electron chi connectivity index (χ2n) is 5.76. The molecule has 4 nitrogen and oxygen atoms in total. The van der Waals surface area contributed by atoms with Gasteiger partial charge in [-0.1, -0.05) is 48.0 Å². The van der Waals surface area contributed by atoms with Crippen molar-refractivity contribution < 1.29 is 14.3 Å². The predicted octanol–water partition coefficient (Wildman–Crippen LogP) is 4.45. The van der Waals surface area contributed by atoms with E-state index in [1.165, 1.54) is 0 Å². The molecule has 1 N–H and O–H groups in total. The average Bonchev–Trinajstić information content (AvgIpc) is 2.69. The lowest BCUT2D eigenvalue weighted by atomic mass is 10.1. The molecule has 0 unspecified atom stereocenters. The maximum Gasteiger partial charge on any atom is 0.328 e. The van der Waals surface area contributed by atoms with Crippen LogP contribution in [0.15, 0.2) is 60.7 Å². The number of hydrogen-bond donors (Lipinski definition) is 1. The van der Waals surface area contributed by atoms with Crippen molar-refractivity contribution in [2.24, 2.45) is 0 Å². The number of amides is 1. The van der Waals surface area contributed by atoms with E-state index in [-0.39, 0.29) is 12.5 Å². The number of ether oxygens (including phenoxy) is 1. The van der Waals surface area contributed by atoms with Crippen LogP contribution in [0.3, 0.4) is 0 Å². The Hall–Kier alpha value is -2.24. The van der Waals surface area contributed by atoms with Gasteiger partial charge in [0.15, 0.2) is 0 Å². The minimum absolute atomic E-state index is 0.153. The van der Waals surface area contributed by atoms with E-state index < -0.39 is 12.0 Å². The molecule has 27 heavy (non-hydrogen) atoms. The van der Waals surface area contributed by atoms with Crippen LogP contribution >= 0.6 is 23.4 Å². The second-order valence-corrected chi connectivity index (χ2v) is 7.18. The van der Waals surface area contributed by atoms with Crippen molar-refractivity contribution in [3.05, 3.63) is 76.8 Å². The number of hydrogen-bond acceptors (Lipinski definition) is 4. The van der Waals surface area contributed by atoms with Crippen LogP contribution in [0.4, 0.5) is 0 Å². The van der Waals surface area contributed by atoms with Gasteiger partial charge >= 0.3 is 5.97 Å². The van der Waals surface area contributed by atoms with Gasteiger partial charge in [0.05, 0.1) is 0 Å². The number of rotatable bonds is 9. The van der Waals surface area contributed by atoms with Crippen LogP contribution in [0, 0.1) is 0 Å². The summed E-state index contributed by atoms with van der Waals surface area (Å²) >= 11 is 7.45. The average molecular weight is 404 g/mol. The van der Waals surface area contributed by atoms with E-state index >= 15 is 0 Å². The molecule has 142 valence electrons. The summed E-state index contributed by atoms with van der Waals surface area (Å²) in [5, 5.41) is 3.30. The fraction of sp³-hybridized carbons (Fsp3) is 0.238. The van der Waals surface area contributed by atoms with Crippen molar-refractivity contribution in [3.63, 3.8) is 0 Å². The summed E-state index contributed by atoms with van der Waals surface area (Å²) < 4.78 is 5.31. The molecule has 1 amide bonds. The molecule has 2 rings (SSSR count). The summed E-state index contributed by atoms with van der Waals surface area (Å²) in [5.74, 6) is -0.0285. The standard InChI is InChI=1S/C21H22ClNO3S/c1-27-15-13-19(23-20(24)17-9-11-18(22)12-10-17)21(25)26-14-5-8-16-6-3-2-4-7-16/h2-12,19H,13-15H2,1H3,(H,23,24)/b8-5+/t19-/m1/s1. The van der Waals surface area contributed by atoms with Gasteiger partial charge in [-0.3, -0.25) is 4.79 Å². The summed E-state index contributed by atoms with van der Waals surface area (Å²) in [4.78, 5) is 24.7. The molecule has 0 spiro atoms. The first-order valence-corrected chi connectivity index (χ1v) is 10.3. The maximum absolute atomic E-state index is 12.4. The highest BCUT2D eigenvalue weighted by Crippen LogP contribution is 2.11. The molecular weight excluding hydrogens is 382 g/mol. The highest BCUT2D eigenvalue weighted by molar-refractivity contribution is 7.98. The Labute approximate surface area is 168 Å². The van der Waals surface area contributed by atoms with Crippen molar-refractivity contribution in [3.8, 4) is 0 Å². The molecule has 0 bridgehead atoms. The first kappa shape index (κ1) is 21.1. The molecule has 0 aliphatic rings. The SMILES string of the molecule is CSCC[C@@H](NC(=O)c1ccc(Cl)cc1)C(=O)OC/C=C/c1ccccc1. The number of benzene rings is 2. The van der Waals surface area contributed by atoms with E-state index in [1.807, 2.05) is 42.7 Å². The Balaban J connectivity index is 1.91. The Bertz CT molecular complexity index is 763. The number of esters is 1. The number of thioether (sulfide) groups is 1. The quantitative estimate of drug-likeness (QED) is 0.628. The minimum atomic E-state index is -0.689. The van der Waals surface area contributed by atoms with Crippen LogP contribution in [0.1, 0.15) is 22.3 Å². The Morgan fingerprint density at radius 1 is 1.15 bits per heavy atom. The molecular formula is C21H22ClNO3S. The van der Waals surface area contributed by atoms with Crippen LogP contribution in [0.5, 0.6) is 0 Å². The summed E-state index contributed by atoms with van der Waals surface area (Å²) in [6.07, 6.45) is 6.12. The third kappa shape index (κ3) is 7.49. The fourth-order valence-electron chi connectivity index (χ4n) is 2.31. The number of carbonyl (C=O) groups excluding carboxylic acids is 2. The number of nitrogens with one attached hydrogen (secondary N) is 1. The van der Waals surface area contributed by atoms with Crippen LogP contribution in [-0.2, 0) is 9.53 Å². The van der Waals surface area contributed by atoms with Gasteiger partial charge in [0.25, 0.3) is 5.91 Å². The second kappa shape index (κ2) is 11.5. The highest BCUT2D eigenvalue weighted by atomic mass is 35.5. The van der Waals surface area contributed by atoms with Crippen molar-refractivity contribution in [1.29, 1.82) is 0 Å². The van der Waals surface area contributed by atoms with Gasteiger partial charge in [-0.25, -0.2) is 4.79 Å². The van der Waals surface area contributed by atoms with Crippen molar-refractivity contribution >= 4 is 41.3 Å². The molecule has 2 aromatic carbocycles. The summed E-state index contributed by atoms with van der Waals surface area (Å²) in [6.45, 7) is 0.153. The van der Waals surface area contributed by atoms with Crippen molar-refractivity contribution in [2.75, 3.05) is 18.6 Å². The van der Waals surface area contributed by atoms with Crippen LogP contribution in [0.25, 0.3) is 6.08 Å². The summed E-state index contributed by atoms with van der Waals surface area (Å²) in [5.41, 5.74) is 1.48. The van der Waals surface area contributed by atoms with Crippen LogP contribution in [0.2, 0.25) is 5.02 Å². The van der Waals surface area contributed by atoms with Crippen LogP contribution in [-0.4, -0.2) is 36.5 Å². The summed E-state index contributed by atoms with van der Waals surface area (Å²) in [7, 11) is 0. The zero-order valence-electron chi connectivity index (χ0n) is 15.1. The first-order valence-electron chi connectivity index (χ1n) is 8.53. The van der Waals surface area contributed by atoms with E-state index in [1.54, 1.807) is 42.1 Å². The Morgan fingerprint density at radius 3 is 2.52 bits per heavy atom. The van der Waals surface area contributed by atoms with Crippen molar-refractivity contribution in [2.45, 2.75) is 12.5 Å². The van der Waals surface area contributed by atoms with Gasteiger partial charge in [0, 0.05) is 10.6 Å². The maximum atomic E-state index is 12.4. The number of halogens is 1. The normalized spacial score (nSPS) is 11.9. The van der Waals surface area contributed by atoms with Gasteiger partial charge in [0.2, 0.25) is 0 Å². The van der Waals surface area contributed by atoms with E-state index in [0.29, 0.717) is 17.0 Å². The molecule has 0 fully saturated rings. The smallest absolute Gasteiger partial charge is 0.328 e. The fourth-order valence-corrected chi connectivity index (χ4v) is 2.90. The van der Waals surface area contributed by atoms with Crippen LogP contribution < -0.4 is 5.32 Å². The molecule has 0 saturated carbocycles. The molecule has 1 atom stereocenters. The molecule has 0 saturated heterocycles. The Kier molecular flexibility index (Phi) is 8.95. The van der Waals surface area contributed by atoms with Gasteiger partial charge in [-0.05, 0) is 54.3 Å². The van der Waals surface area contributed by atoms with E-state index in [9.17, 15) is 9.59 Å². The van der Waals surface area contributed by atoms with E-state index in [2.05, 4.69) is 5.32 Å². The van der Waals surface area contributed by atoms with E-state index in [4.69, 9.17) is 16.3 Å². The van der Waals surface area contributed by atoms with Gasteiger partial charge in [-0.15, -0.1) is 0 Å². The summed E-state index contributed by atoms with van der Waals surface area (Å²) in [6, 6.07) is 15.6. The minimum Gasteiger partial charge on any atom is -0.460 e. The lowest BCUT2D eigenvalue weighted by Gasteiger charge is -2.17. The molecule has 0 radical (unpaired) electrons. The lowest BCUT2D eigenvalue weighted by Crippen LogP contribution is -2.42. The van der Waals surface area contributed by atoms with Gasteiger partial charge in [0.1, 0.15) is 12.6 Å². The number of carbonyl (C=O) groups is 2. The van der Waals surface area contributed by atoms with E-state index in [0.717, 1.165) is 11.3 Å². The largest absolute Gasteiger partial charge is 0.460 e. The third-order valence-corrected chi connectivity index (χ3v) is 4.63. The van der Waals surface area contributed by atoms with Gasteiger partial charge in [-0.2, -0.15) is 11.8 Å². The Morgan fingerprint density at radius 2 is 1.85 bits per heavy atom. The third-order valence-electron chi connectivity index (χ3n) is 3.74. The molecule has 6 heteroatoms. The predicted molar refractivity (Wildman–Crippen MR) is 112 cm³/mol. The highest BCUT2D eigenvalue weighted by Gasteiger charge is 2.22. The van der Waals surface area contributed by atoms with Gasteiger partial charge < -0.3 is 10.1 Å². The molecule has 2 aromatic rings. The van der Waals surface area contributed by atoms with Crippen molar-refractivity contribution in [1.82, 2.24) is 5.32 Å². The molecule has 0 aliphatic heterocycles. The molecule has 0 heterocycles. The monoisotopic (exact) mass is 403 g/mol. The molecule has 0 aromatic heterocycles. The first-order chi connectivity index (χ1) is 13.1. The molecule has 0 aliphatic carbocycles. The zero-order valence-corrected chi connectivity index (χ0v) is 16.6. The topological polar surface area (TPSA) is 55.4 Å². The lowest BCUT2D eigenvalue weighted by molar-refractivity contribution is -0.144.